The van der Waals surface area contributed by atoms with Crippen LogP contribution in [-0.4, -0.2) is 72.3 Å². The van der Waals surface area contributed by atoms with Crippen LogP contribution in [0, 0.1) is 0 Å². The lowest BCUT2D eigenvalue weighted by Gasteiger charge is -2.52. The molecule has 0 aliphatic carbocycles. The second-order valence-electron chi connectivity index (χ2n) is 7.77. The molecule has 0 bridgehead atoms. The maximum Gasteiger partial charge on any atom is 0.321 e. The Morgan fingerprint density at radius 2 is 1.81 bits per heavy atom. The van der Waals surface area contributed by atoms with Gasteiger partial charge in [0.05, 0.1) is 19.3 Å². The van der Waals surface area contributed by atoms with Crippen molar-refractivity contribution in [3.8, 4) is 0 Å². The number of nitrogens with one attached hydrogen (secondary N) is 1. The number of urea groups is 1. The molecule has 2 atom stereocenters. The van der Waals surface area contributed by atoms with Crippen LogP contribution in [0.3, 0.4) is 0 Å². The van der Waals surface area contributed by atoms with Gasteiger partial charge in [0.15, 0.2) is 6.10 Å². The summed E-state index contributed by atoms with van der Waals surface area (Å²) >= 11 is 0. The number of nitrogens with zero attached hydrogens (tertiary/aromatic N) is 3. The van der Waals surface area contributed by atoms with Crippen molar-refractivity contribution in [2.75, 3.05) is 38.7 Å². The summed E-state index contributed by atoms with van der Waals surface area (Å²) in [6.45, 7) is 2.03. The van der Waals surface area contributed by atoms with Crippen molar-refractivity contribution in [3.05, 3.63) is 60.4 Å². The van der Waals surface area contributed by atoms with Crippen LogP contribution in [0.15, 0.2) is 54.9 Å². The van der Waals surface area contributed by atoms with Gasteiger partial charge in [0.2, 0.25) is 0 Å². The highest BCUT2D eigenvalue weighted by atomic mass is 16.5. The Morgan fingerprint density at radius 3 is 2.48 bits per heavy atom. The fourth-order valence-electron chi connectivity index (χ4n) is 4.28. The molecule has 1 aromatic heterocycles. The van der Waals surface area contributed by atoms with E-state index < -0.39 is 6.10 Å². The molecule has 1 aromatic carbocycles. The molecule has 0 unspecified atom stereocenters. The second-order valence-corrected chi connectivity index (χ2v) is 7.77. The van der Waals surface area contributed by atoms with E-state index in [0.29, 0.717) is 26.3 Å². The number of piperidine rings is 1. The van der Waals surface area contributed by atoms with Crippen molar-refractivity contribution < 1.29 is 19.1 Å². The largest absolute Gasteiger partial charge is 0.382 e. The zero-order valence-corrected chi connectivity index (χ0v) is 17.6. The van der Waals surface area contributed by atoms with Crippen molar-refractivity contribution in [2.45, 2.75) is 31.0 Å². The molecule has 3 heterocycles. The average Bonchev–Trinajstić information content (AvgIpc) is 2.81. The van der Waals surface area contributed by atoms with E-state index in [-0.39, 0.29) is 24.0 Å². The third-order valence-corrected chi connectivity index (χ3v) is 5.89. The van der Waals surface area contributed by atoms with E-state index in [1.165, 1.54) is 0 Å². The van der Waals surface area contributed by atoms with Crippen LogP contribution in [0.5, 0.6) is 0 Å². The van der Waals surface area contributed by atoms with E-state index >= 15 is 0 Å². The molecular formula is C23H28N4O4. The molecule has 4 rings (SSSR count). The van der Waals surface area contributed by atoms with Gasteiger partial charge in [0.1, 0.15) is 0 Å². The number of para-hydroxylation sites is 1. The maximum absolute atomic E-state index is 12.9. The molecule has 0 saturated carbocycles. The number of β-lactam (4-membered cyclic amide) rings is 1. The zero-order valence-electron chi connectivity index (χ0n) is 17.6. The van der Waals surface area contributed by atoms with E-state index in [4.69, 9.17) is 9.47 Å². The molecule has 3 amide bonds. The number of pyridine rings is 1. The van der Waals surface area contributed by atoms with Gasteiger partial charge in [0, 0.05) is 44.3 Å². The Morgan fingerprint density at radius 1 is 1.10 bits per heavy atom. The zero-order chi connectivity index (χ0) is 21.6. The van der Waals surface area contributed by atoms with E-state index in [2.05, 4.69) is 10.3 Å². The number of amides is 3. The van der Waals surface area contributed by atoms with Gasteiger partial charge in [-0.05, 0) is 42.7 Å². The van der Waals surface area contributed by atoms with Crippen LogP contribution in [0.2, 0.25) is 0 Å². The topological polar surface area (TPSA) is 84.0 Å². The number of aromatic nitrogens is 1. The number of carbonyl (C=O) groups is 2. The summed E-state index contributed by atoms with van der Waals surface area (Å²) in [7, 11) is 1.61. The summed E-state index contributed by atoms with van der Waals surface area (Å²) in [4.78, 5) is 33.3. The minimum Gasteiger partial charge on any atom is -0.382 e. The molecule has 0 radical (unpaired) electrons. The summed E-state index contributed by atoms with van der Waals surface area (Å²) in [6.07, 6.45) is 4.44. The Balaban J connectivity index is 1.38. The van der Waals surface area contributed by atoms with Crippen LogP contribution in [0.25, 0.3) is 0 Å². The van der Waals surface area contributed by atoms with E-state index in [9.17, 15) is 9.59 Å². The van der Waals surface area contributed by atoms with Crippen LogP contribution < -0.4 is 5.32 Å². The number of rotatable bonds is 7. The van der Waals surface area contributed by atoms with Gasteiger partial charge in [-0.2, -0.15) is 0 Å². The Bertz CT molecular complexity index is 872. The highest BCUT2D eigenvalue weighted by molar-refractivity contribution is 5.90. The number of carbonyl (C=O) groups excluding carboxylic acids is 2. The molecular weight excluding hydrogens is 396 g/mol. The summed E-state index contributed by atoms with van der Waals surface area (Å²) in [6, 6.07) is 13.1. The molecule has 8 heteroatoms. The maximum atomic E-state index is 12.9. The van der Waals surface area contributed by atoms with Gasteiger partial charge in [-0.25, -0.2) is 4.79 Å². The smallest absolute Gasteiger partial charge is 0.321 e. The highest BCUT2D eigenvalue weighted by Gasteiger charge is 2.52. The van der Waals surface area contributed by atoms with Gasteiger partial charge < -0.3 is 24.6 Å². The molecule has 2 aliphatic heterocycles. The first-order chi connectivity index (χ1) is 15.2. The first-order valence-corrected chi connectivity index (χ1v) is 10.6. The molecule has 0 spiro atoms. The van der Waals surface area contributed by atoms with Crippen LogP contribution in [0.1, 0.15) is 24.4 Å². The number of hydrogen-bond donors (Lipinski definition) is 1. The second kappa shape index (κ2) is 9.89. The number of likely N-dealkylation sites (tertiary alicyclic amines) is 2. The summed E-state index contributed by atoms with van der Waals surface area (Å²) in [5.41, 5.74) is 1.79. The predicted molar refractivity (Wildman–Crippen MR) is 115 cm³/mol. The minimum atomic E-state index is -0.503. The summed E-state index contributed by atoms with van der Waals surface area (Å²) < 4.78 is 10.9. The lowest BCUT2D eigenvalue weighted by molar-refractivity contribution is -0.183. The van der Waals surface area contributed by atoms with E-state index in [0.717, 1.165) is 24.1 Å². The van der Waals surface area contributed by atoms with E-state index in [1.54, 1.807) is 19.5 Å². The Kier molecular flexibility index (Phi) is 6.79. The third kappa shape index (κ3) is 4.70. The van der Waals surface area contributed by atoms with Gasteiger partial charge in [-0.15, -0.1) is 0 Å². The fraction of sp³-hybridized carbons (Fsp3) is 0.435. The molecule has 1 N–H and O–H groups in total. The predicted octanol–water partition coefficient (Wildman–Crippen LogP) is 2.69. The van der Waals surface area contributed by atoms with Crippen LogP contribution in [-0.2, 0) is 14.3 Å². The number of hydrogen-bond acceptors (Lipinski definition) is 5. The Hall–Kier alpha value is -2.97. The molecule has 2 saturated heterocycles. The minimum absolute atomic E-state index is 0.00472. The standard InChI is InChI=1S/C23H28N4O4/c1-30-15-16-31-21-20(17-7-11-24-12-8-17)27(22(21)28)19-9-13-26(14-10-19)23(29)25-18-5-3-2-4-6-18/h2-8,11-12,19-21H,9-10,13-16H2,1H3,(H,25,29)/t20-,21+/m0/s1. The van der Waals surface area contributed by atoms with Gasteiger partial charge in [-0.1, -0.05) is 18.2 Å². The van der Waals surface area contributed by atoms with Crippen LogP contribution in [0.4, 0.5) is 10.5 Å². The number of benzene rings is 1. The SMILES string of the molecule is COCCO[C@H]1C(=O)N(C2CCN(C(=O)Nc3ccccc3)CC2)[C@H]1c1ccncc1. The lowest BCUT2D eigenvalue weighted by atomic mass is 9.86. The van der Waals surface area contributed by atoms with E-state index in [1.807, 2.05) is 52.3 Å². The molecule has 2 fully saturated rings. The monoisotopic (exact) mass is 424 g/mol. The average molecular weight is 425 g/mol. The molecule has 31 heavy (non-hydrogen) atoms. The van der Waals surface area contributed by atoms with Crippen molar-refractivity contribution in [3.63, 3.8) is 0 Å². The summed E-state index contributed by atoms with van der Waals surface area (Å²) in [5.74, 6) is 0.00472. The van der Waals surface area contributed by atoms with Crippen LogP contribution >= 0.6 is 0 Å². The molecule has 164 valence electrons. The van der Waals surface area contributed by atoms with Gasteiger partial charge in [-0.3, -0.25) is 9.78 Å². The van der Waals surface area contributed by atoms with Crippen molar-refractivity contribution in [2.24, 2.45) is 0 Å². The van der Waals surface area contributed by atoms with Gasteiger partial charge in [0.25, 0.3) is 5.91 Å². The molecule has 8 nitrogen and oxygen atoms in total. The Labute approximate surface area is 182 Å². The fourth-order valence-corrected chi connectivity index (χ4v) is 4.28. The highest BCUT2D eigenvalue weighted by Crippen LogP contribution is 2.40. The third-order valence-electron chi connectivity index (χ3n) is 5.89. The molecule has 2 aromatic rings. The lowest BCUT2D eigenvalue weighted by Crippen LogP contribution is -2.65. The quantitative estimate of drug-likeness (QED) is 0.546. The number of anilines is 1. The van der Waals surface area contributed by atoms with Gasteiger partial charge >= 0.3 is 6.03 Å². The van der Waals surface area contributed by atoms with Crippen molar-refractivity contribution in [1.82, 2.24) is 14.8 Å². The summed E-state index contributed by atoms with van der Waals surface area (Å²) in [5, 5.41) is 2.93. The first kappa shape index (κ1) is 21.3. The van der Waals surface area contributed by atoms with Crippen molar-refractivity contribution in [1.29, 1.82) is 0 Å². The normalized spacial score (nSPS) is 21.6. The van der Waals surface area contributed by atoms with Crippen molar-refractivity contribution >= 4 is 17.6 Å². The number of ether oxygens (including phenoxy) is 2. The first-order valence-electron chi connectivity index (χ1n) is 10.6. The molecule has 2 aliphatic rings. The number of methoxy groups -OCH3 is 1.